The van der Waals surface area contributed by atoms with Crippen LogP contribution in [-0.4, -0.2) is 18.6 Å². The Labute approximate surface area is 115 Å². The molecule has 3 heteroatoms. The van der Waals surface area contributed by atoms with Crippen molar-refractivity contribution in [2.24, 2.45) is 0 Å². The monoisotopic (exact) mass is 261 g/mol. The second-order valence-corrected chi connectivity index (χ2v) is 5.27. The van der Waals surface area contributed by atoms with Crippen LogP contribution in [0.15, 0.2) is 24.3 Å². The van der Waals surface area contributed by atoms with Crippen LogP contribution >= 0.6 is 0 Å². The van der Waals surface area contributed by atoms with Gasteiger partial charge in [0.2, 0.25) is 5.91 Å². The highest BCUT2D eigenvalue weighted by atomic mass is 16.5. The average molecular weight is 261 g/mol. The molecule has 1 amide bonds. The van der Waals surface area contributed by atoms with Crippen molar-refractivity contribution < 1.29 is 9.53 Å². The highest BCUT2D eigenvalue weighted by molar-refractivity contribution is 5.76. The molecule has 1 saturated carbocycles. The van der Waals surface area contributed by atoms with Crippen molar-refractivity contribution in [2.75, 3.05) is 6.61 Å². The third kappa shape index (κ3) is 4.58. The molecule has 0 spiro atoms. The first-order chi connectivity index (χ1) is 9.25. The lowest BCUT2D eigenvalue weighted by Crippen LogP contribution is -2.32. The molecule has 0 saturated heterocycles. The Bertz CT molecular complexity index is 411. The van der Waals surface area contributed by atoms with Crippen molar-refractivity contribution in [1.82, 2.24) is 5.32 Å². The molecule has 0 bridgehead atoms. The number of carbonyl (C=O) groups excluding carboxylic acids is 1. The van der Waals surface area contributed by atoms with Gasteiger partial charge >= 0.3 is 0 Å². The zero-order valence-electron chi connectivity index (χ0n) is 11.7. The van der Waals surface area contributed by atoms with Gasteiger partial charge in [0.05, 0.1) is 6.61 Å². The van der Waals surface area contributed by atoms with Crippen LogP contribution in [0.1, 0.15) is 44.1 Å². The minimum absolute atomic E-state index is 0.167. The maximum Gasteiger partial charge on any atom is 0.220 e. The lowest BCUT2D eigenvalue weighted by molar-refractivity contribution is -0.122. The molecule has 0 unspecified atom stereocenters. The van der Waals surface area contributed by atoms with E-state index in [1.807, 2.05) is 31.2 Å². The van der Waals surface area contributed by atoms with E-state index >= 15 is 0 Å². The van der Waals surface area contributed by atoms with Crippen LogP contribution in [0.4, 0.5) is 0 Å². The van der Waals surface area contributed by atoms with Crippen LogP contribution in [0.25, 0.3) is 0 Å². The maximum absolute atomic E-state index is 11.7. The normalized spacial score (nSPS) is 15.4. The SMILES string of the molecule is Cc1ccccc1OCCCC(=O)NC1CCCC1. The Morgan fingerprint density at radius 3 is 2.79 bits per heavy atom. The number of ether oxygens (including phenoxy) is 1. The molecule has 0 aromatic heterocycles. The van der Waals surface area contributed by atoms with E-state index < -0.39 is 0 Å². The fraction of sp³-hybridized carbons (Fsp3) is 0.562. The number of benzene rings is 1. The first-order valence-corrected chi connectivity index (χ1v) is 7.23. The van der Waals surface area contributed by atoms with E-state index in [2.05, 4.69) is 5.32 Å². The molecule has 0 heterocycles. The summed E-state index contributed by atoms with van der Waals surface area (Å²) in [6.45, 7) is 2.63. The van der Waals surface area contributed by atoms with Gasteiger partial charge in [0.25, 0.3) is 0 Å². The topological polar surface area (TPSA) is 38.3 Å². The second-order valence-electron chi connectivity index (χ2n) is 5.27. The Morgan fingerprint density at radius 1 is 1.32 bits per heavy atom. The van der Waals surface area contributed by atoms with Crippen molar-refractivity contribution in [3.05, 3.63) is 29.8 Å². The van der Waals surface area contributed by atoms with E-state index in [1.54, 1.807) is 0 Å². The van der Waals surface area contributed by atoms with Gasteiger partial charge in [0, 0.05) is 12.5 Å². The van der Waals surface area contributed by atoms with Crippen LogP contribution in [0.2, 0.25) is 0 Å². The third-order valence-electron chi connectivity index (χ3n) is 3.62. The zero-order chi connectivity index (χ0) is 13.5. The number of nitrogens with one attached hydrogen (secondary N) is 1. The van der Waals surface area contributed by atoms with Crippen LogP contribution in [0.3, 0.4) is 0 Å². The number of rotatable bonds is 6. The molecule has 1 aromatic rings. The molecule has 1 aliphatic carbocycles. The van der Waals surface area contributed by atoms with Gasteiger partial charge in [-0.3, -0.25) is 4.79 Å². The van der Waals surface area contributed by atoms with Gasteiger partial charge in [-0.25, -0.2) is 0 Å². The number of hydrogen-bond donors (Lipinski definition) is 1. The van der Waals surface area contributed by atoms with Gasteiger partial charge in [-0.1, -0.05) is 31.0 Å². The molecule has 0 aliphatic heterocycles. The summed E-state index contributed by atoms with van der Waals surface area (Å²) in [7, 11) is 0. The molecule has 2 rings (SSSR count). The van der Waals surface area contributed by atoms with Gasteiger partial charge in [-0.05, 0) is 37.8 Å². The summed E-state index contributed by atoms with van der Waals surface area (Å²) in [5.41, 5.74) is 1.14. The molecule has 1 fully saturated rings. The van der Waals surface area contributed by atoms with Gasteiger partial charge in [-0.15, -0.1) is 0 Å². The van der Waals surface area contributed by atoms with Gasteiger partial charge in [0.1, 0.15) is 5.75 Å². The van der Waals surface area contributed by atoms with E-state index in [9.17, 15) is 4.79 Å². The number of hydrogen-bond acceptors (Lipinski definition) is 2. The molecule has 104 valence electrons. The van der Waals surface area contributed by atoms with Crippen molar-refractivity contribution in [1.29, 1.82) is 0 Å². The fourth-order valence-corrected chi connectivity index (χ4v) is 2.50. The number of amides is 1. The Morgan fingerprint density at radius 2 is 2.05 bits per heavy atom. The van der Waals surface area contributed by atoms with Crippen molar-refractivity contribution in [3.8, 4) is 5.75 Å². The molecule has 1 N–H and O–H groups in total. The predicted octanol–water partition coefficient (Wildman–Crippen LogP) is 3.21. The summed E-state index contributed by atoms with van der Waals surface area (Å²) < 4.78 is 5.68. The maximum atomic E-state index is 11.7. The van der Waals surface area contributed by atoms with Gasteiger partial charge in [-0.2, -0.15) is 0 Å². The van der Waals surface area contributed by atoms with Crippen LogP contribution in [-0.2, 0) is 4.79 Å². The van der Waals surface area contributed by atoms with Gasteiger partial charge < -0.3 is 10.1 Å². The van der Waals surface area contributed by atoms with Crippen molar-refractivity contribution in [3.63, 3.8) is 0 Å². The molecular weight excluding hydrogens is 238 g/mol. The summed E-state index contributed by atoms with van der Waals surface area (Å²) in [6.07, 6.45) is 6.12. The summed E-state index contributed by atoms with van der Waals surface area (Å²) in [5.74, 6) is 1.08. The molecule has 1 aromatic carbocycles. The van der Waals surface area contributed by atoms with Crippen LogP contribution in [0, 0.1) is 6.92 Å². The zero-order valence-corrected chi connectivity index (χ0v) is 11.7. The number of carbonyl (C=O) groups is 1. The van der Waals surface area contributed by atoms with E-state index in [0.29, 0.717) is 19.1 Å². The average Bonchev–Trinajstić information content (AvgIpc) is 2.89. The standard InChI is InChI=1S/C16H23NO2/c1-13-7-2-5-10-15(13)19-12-6-11-16(18)17-14-8-3-4-9-14/h2,5,7,10,14H,3-4,6,8-9,11-12H2,1H3,(H,17,18). The molecule has 0 atom stereocenters. The summed E-state index contributed by atoms with van der Waals surface area (Å²) in [6, 6.07) is 8.38. The van der Waals surface area contributed by atoms with Crippen LogP contribution in [0.5, 0.6) is 5.75 Å². The van der Waals surface area contributed by atoms with E-state index in [0.717, 1.165) is 30.6 Å². The van der Waals surface area contributed by atoms with E-state index in [1.165, 1.54) is 12.8 Å². The molecule has 1 aliphatic rings. The molecule has 0 radical (unpaired) electrons. The lowest BCUT2D eigenvalue weighted by atomic mass is 10.2. The van der Waals surface area contributed by atoms with Crippen molar-refractivity contribution >= 4 is 5.91 Å². The third-order valence-corrected chi connectivity index (χ3v) is 3.62. The molecule has 19 heavy (non-hydrogen) atoms. The first-order valence-electron chi connectivity index (χ1n) is 7.23. The van der Waals surface area contributed by atoms with E-state index in [-0.39, 0.29) is 5.91 Å². The lowest BCUT2D eigenvalue weighted by Gasteiger charge is -2.12. The van der Waals surface area contributed by atoms with E-state index in [4.69, 9.17) is 4.74 Å². The highest BCUT2D eigenvalue weighted by Crippen LogP contribution is 2.18. The predicted molar refractivity (Wildman–Crippen MR) is 76.3 cm³/mol. The Balaban J connectivity index is 1.61. The number of para-hydroxylation sites is 1. The first kappa shape index (κ1) is 13.9. The van der Waals surface area contributed by atoms with Crippen LogP contribution < -0.4 is 10.1 Å². The van der Waals surface area contributed by atoms with Gasteiger partial charge in [0.15, 0.2) is 0 Å². The molecule has 3 nitrogen and oxygen atoms in total. The largest absolute Gasteiger partial charge is 0.493 e. The Kier molecular flexibility index (Phi) is 5.25. The fourth-order valence-electron chi connectivity index (χ4n) is 2.50. The number of aryl methyl sites for hydroxylation is 1. The highest BCUT2D eigenvalue weighted by Gasteiger charge is 2.16. The Hall–Kier alpha value is -1.51. The summed E-state index contributed by atoms with van der Waals surface area (Å²) in [5, 5.41) is 3.09. The smallest absolute Gasteiger partial charge is 0.220 e. The second kappa shape index (κ2) is 7.17. The quantitative estimate of drug-likeness (QED) is 0.798. The van der Waals surface area contributed by atoms with Crippen molar-refractivity contribution in [2.45, 2.75) is 51.5 Å². The summed E-state index contributed by atoms with van der Waals surface area (Å²) in [4.78, 5) is 11.7. The minimum atomic E-state index is 0.167. The minimum Gasteiger partial charge on any atom is -0.493 e. The molecular formula is C16H23NO2. The summed E-state index contributed by atoms with van der Waals surface area (Å²) >= 11 is 0.